The summed E-state index contributed by atoms with van der Waals surface area (Å²) < 4.78 is 6.63. The van der Waals surface area contributed by atoms with Gasteiger partial charge in [-0.3, -0.25) is 9.69 Å². The number of carbonyl (C=O) groups excluding carboxylic acids is 1. The fourth-order valence-electron chi connectivity index (χ4n) is 3.47. The van der Waals surface area contributed by atoms with Gasteiger partial charge in [0.15, 0.2) is 0 Å². The molecule has 3 rings (SSSR count). The number of hydrogen-bond acceptors (Lipinski definition) is 3. The molecule has 4 nitrogen and oxygen atoms in total. The molecule has 1 aliphatic rings. The van der Waals surface area contributed by atoms with Crippen molar-refractivity contribution in [3.8, 4) is 0 Å². The first kappa shape index (κ1) is 18.2. The summed E-state index contributed by atoms with van der Waals surface area (Å²) in [5.41, 5.74) is 0.734. The van der Waals surface area contributed by atoms with Crippen LogP contribution in [0, 0.1) is 0 Å². The van der Waals surface area contributed by atoms with E-state index in [4.69, 9.17) is 4.42 Å². The predicted octanol–water partition coefficient (Wildman–Crippen LogP) is 4.27. The van der Waals surface area contributed by atoms with Gasteiger partial charge in [-0.1, -0.05) is 41.9 Å². The summed E-state index contributed by atoms with van der Waals surface area (Å²) in [6, 6.07) is 12.0. The first-order chi connectivity index (χ1) is 12.1. The molecular weight excluding hydrogens is 380 g/mol. The maximum Gasteiger partial charge on any atom is 0.230 e. The van der Waals surface area contributed by atoms with Crippen molar-refractivity contribution in [1.29, 1.82) is 0 Å². The minimum atomic E-state index is -0.360. The lowest BCUT2D eigenvalue weighted by Gasteiger charge is -2.29. The van der Waals surface area contributed by atoms with Crippen molar-refractivity contribution < 1.29 is 9.21 Å². The number of likely N-dealkylation sites (N-methyl/N-ethyl adjacent to an activating group) is 1. The van der Waals surface area contributed by atoms with Gasteiger partial charge in [-0.15, -0.1) is 0 Å². The van der Waals surface area contributed by atoms with E-state index in [9.17, 15) is 4.79 Å². The Morgan fingerprint density at radius 2 is 2.04 bits per heavy atom. The molecule has 0 aliphatic heterocycles. The summed E-state index contributed by atoms with van der Waals surface area (Å²) >= 11 is 3.51. The van der Waals surface area contributed by atoms with E-state index in [0.717, 1.165) is 41.7 Å². The van der Waals surface area contributed by atoms with E-state index in [0.29, 0.717) is 6.54 Å². The average Bonchev–Trinajstić information content (AvgIpc) is 3.26. The van der Waals surface area contributed by atoms with Gasteiger partial charge in [0.05, 0.1) is 17.7 Å². The van der Waals surface area contributed by atoms with Gasteiger partial charge in [-0.2, -0.15) is 0 Å². The van der Waals surface area contributed by atoms with Crippen molar-refractivity contribution in [1.82, 2.24) is 10.2 Å². The summed E-state index contributed by atoms with van der Waals surface area (Å²) in [5.74, 6) is 1.02. The first-order valence-corrected chi connectivity index (χ1v) is 9.72. The number of rotatable bonds is 8. The molecule has 2 aromatic rings. The molecule has 1 aromatic carbocycles. The van der Waals surface area contributed by atoms with Crippen LogP contribution in [-0.4, -0.2) is 30.4 Å². The van der Waals surface area contributed by atoms with E-state index < -0.39 is 0 Å². The fraction of sp³-hybridized carbons (Fsp3) is 0.450. The molecule has 0 radical (unpaired) electrons. The van der Waals surface area contributed by atoms with Crippen LogP contribution in [0.1, 0.15) is 44.1 Å². The second-order valence-electron chi connectivity index (χ2n) is 6.55. The van der Waals surface area contributed by atoms with Crippen LogP contribution in [0.4, 0.5) is 0 Å². The maximum absolute atomic E-state index is 12.9. The summed E-state index contributed by atoms with van der Waals surface area (Å²) in [7, 11) is 0. The van der Waals surface area contributed by atoms with Crippen molar-refractivity contribution in [2.45, 2.75) is 38.1 Å². The molecule has 1 unspecified atom stereocenters. The van der Waals surface area contributed by atoms with Gasteiger partial charge in [0.25, 0.3) is 0 Å². The molecular formula is C20H25BrN2O2. The molecule has 0 saturated heterocycles. The van der Waals surface area contributed by atoms with Crippen LogP contribution in [-0.2, 0) is 10.2 Å². The van der Waals surface area contributed by atoms with Gasteiger partial charge < -0.3 is 9.73 Å². The highest BCUT2D eigenvalue weighted by atomic mass is 79.9. The highest BCUT2D eigenvalue weighted by Gasteiger charge is 2.51. The Morgan fingerprint density at radius 1 is 1.28 bits per heavy atom. The third kappa shape index (κ3) is 3.82. The van der Waals surface area contributed by atoms with Crippen LogP contribution in [0.2, 0.25) is 0 Å². The minimum absolute atomic E-state index is 0.0623. The SMILES string of the molecule is CCN(CC)C(CNC(=O)C1(c2cccc(Br)c2)CC1)c1ccco1. The lowest BCUT2D eigenvalue weighted by Crippen LogP contribution is -2.41. The maximum atomic E-state index is 12.9. The van der Waals surface area contributed by atoms with Crippen molar-refractivity contribution in [2.24, 2.45) is 0 Å². The smallest absolute Gasteiger partial charge is 0.230 e. The molecule has 0 spiro atoms. The van der Waals surface area contributed by atoms with E-state index >= 15 is 0 Å². The Hall–Kier alpha value is -1.59. The average molecular weight is 405 g/mol. The zero-order valence-electron chi connectivity index (χ0n) is 14.8. The van der Waals surface area contributed by atoms with Crippen LogP contribution in [0.15, 0.2) is 51.6 Å². The third-order valence-corrected chi connectivity index (χ3v) is 5.64. The topological polar surface area (TPSA) is 45.5 Å². The predicted molar refractivity (Wildman–Crippen MR) is 102 cm³/mol. The minimum Gasteiger partial charge on any atom is -0.468 e. The van der Waals surface area contributed by atoms with Gasteiger partial charge in [0, 0.05) is 11.0 Å². The quantitative estimate of drug-likeness (QED) is 0.714. The molecule has 25 heavy (non-hydrogen) atoms. The van der Waals surface area contributed by atoms with E-state index in [1.807, 2.05) is 30.3 Å². The molecule has 1 saturated carbocycles. The zero-order valence-corrected chi connectivity index (χ0v) is 16.4. The number of hydrogen-bond donors (Lipinski definition) is 1. The summed E-state index contributed by atoms with van der Waals surface area (Å²) in [6.07, 6.45) is 3.51. The van der Waals surface area contributed by atoms with Gasteiger partial charge in [0.2, 0.25) is 5.91 Å². The Kier molecular flexibility index (Phi) is 5.64. The Bertz CT molecular complexity index is 706. The molecule has 134 valence electrons. The Balaban J connectivity index is 1.71. The van der Waals surface area contributed by atoms with Crippen LogP contribution in [0.5, 0.6) is 0 Å². The monoisotopic (exact) mass is 404 g/mol. The lowest BCUT2D eigenvalue weighted by atomic mass is 9.95. The first-order valence-electron chi connectivity index (χ1n) is 8.92. The summed E-state index contributed by atoms with van der Waals surface area (Å²) in [4.78, 5) is 15.2. The fourth-order valence-corrected chi connectivity index (χ4v) is 3.87. The Labute approximate surface area is 157 Å². The zero-order chi connectivity index (χ0) is 17.9. The van der Waals surface area contributed by atoms with E-state index in [1.54, 1.807) is 6.26 Å². The van der Waals surface area contributed by atoms with E-state index in [2.05, 4.69) is 46.1 Å². The number of carbonyl (C=O) groups is 1. The van der Waals surface area contributed by atoms with Crippen molar-refractivity contribution in [3.05, 3.63) is 58.5 Å². The summed E-state index contributed by atoms with van der Waals surface area (Å²) in [5, 5.41) is 3.18. The number of amides is 1. The van der Waals surface area contributed by atoms with E-state index in [1.165, 1.54) is 0 Å². The molecule has 1 aliphatic carbocycles. The van der Waals surface area contributed by atoms with Gasteiger partial charge in [0.1, 0.15) is 5.76 Å². The second kappa shape index (κ2) is 7.75. The normalized spacial score (nSPS) is 16.6. The van der Waals surface area contributed by atoms with E-state index in [-0.39, 0.29) is 17.4 Å². The molecule has 5 heteroatoms. The van der Waals surface area contributed by atoms with Crippen molar-refractivity contribution >= 4 is 21.8 Å². The van der Waals surface area contributed by atoms with Crippen molar-refractivity contribution in [2.75, 3.05) is 19.6 Å². The number of nitrogens with zero attached hydrogens (tertiary/aromatic N) is 1. The Morgan fingerprint density at radius 3 is 2.60 bits per heavy atom. The third-order valence-electron chi connectivity index (χ3n) is 5.14. The lowest BCUT2D eigenvalue weighted by molar-refractivity contribution is -0.123. The molecule has 0 bridgehead atoms. The molecule has 1 atom stereocenters. The van der Waals surface area contributed by atoms with Crippen LogP contribution in [0.3, 0.4) is 0 Å². The molecule has 1 heterocycles. The van der Waals surface area contributed by atoms with Crippen LogP contribution >= 0.6 is 15.9 Å². The highest BCUT2D eigenvalue weighted by molar-refractivity contribution is 9.10. The number of furan rings is 1. The number of halogens is 1. The molecule has 1 amide bonds. The highest BCUT2D eigenvalue weighted by Crippen LogP contribution is 2.48. The number of nitrogens with one attached hydrogen (secondary N) is 1. The van der Waals surface area contributed by atoms with Crippen LogP contribution < -0.4 is 5.32 Å². The number of benzene rings is 1. The molecule has 1 aromatic heterocycles. The largest absolute Gasteiger partial charge is 0.468 e. The van der Waals surface area contributed by atoms with Gasteiger partial charge in [-0.05, 0) is 55.8 Å². The van der Waals surface area contributed by atoms with Crippen molar-refractivity contribution in [3.63, 3.8) is 0 Å². The second-order valence-corrected chi connectivity index (χ2v) is 7.47. The summed E-state index contributed by atoms with van der Waals surface area (Å²) in [6.45, 7) is 6.64. The standard InChI is InChI=1S/C20H25BrN2O2/c1-3-23(4-2)17(18-9-6-12-25-18)14-22-19(24)20(10-11-20)15-7-5-8-16(21)13-15/h5-9,12-13,17H,3-4,10-11,14H2,1-2H3,(H,22,24). The van der Waals surface area contributed by atoms with Gasteiger partial charge in [-0.25, -0.2) is 0 Å². The molecule has 1 fully saturated rings. The molecule has 1 N–H and O–H groups in total. The van der Waals surface area contributed by atoms with Gasteiger partial charge >= 0.3 is 0 Å². The van der Waals surface area contributed by atoms with Crippen LogP contribution in [0.25, 0.3) is 0 Å².